The van der Waals surface area contributed by atoms with Gasteiger partial charge in [-0.15, -0.1) is 0 Å². The Kier molecular flexibility index (Phi) is 4.22. The zero-order valence-electron chi connectivity index (χ0n) is 12.4. The van der Waals surface area contributed by atoms with Crippen LogP contribution in [0.5, 0.6) is 0 Å². The van der Waals surface area contributed by atoms with Crippen molar-refractivity contribution >= 4 is 5.69 Å². The van der Waals surface area contributed by atoms with Gasteiger partial charge < -0.3 is 14.8 Å². The lowest BCUT2D eigenvalue weighted by Gasteiger charge is -2.43. The molecule has 0 bridgehead atoms. The van der Waals surface area contributed by atoms with Gasteiger partial charge in [-0.25, -0.2) is 0 Å². The van der Waals surface area contributed by atoms with Gasteiger partial charge >= 0.3 is 0 Å². The second-order valence-electron chi connectivity index (χ2n) is 5.23. The number of hydrogen-bond donors (Lipinski definition) is 2. The quantitative estimate of drug-likeness (QED) is 0.857. The van der Waals surface area contributed by atoms with Gasteiger partial charge in [0.2, 0.25) is 0 Å². The van der Waals surface area contributed by atoms with Gasteiger partial charge in [0.25, 0.3) is 0 Å². The number of aromatic amines is 1. The maximum Gasteiger partial charge on any atom is 0.103 e. The Hall–Kier alpha value is -1.85. The van der Waals surface area contributed by atoms with Gasteiger partial charge in [0.15, 0.2) is 0 Å². The summed E-state index contributed by atoms with van der Waals surface area (Å²) in [7, 11) is 1.74. The predicted octanol–water partition coefficient (Wildman–Crippen LogP) is 2.68. The first-order valence-electron chi connectivity index (χ1n) is 7.32. The molecule has 3 atom stereocenters. The standard InChI is InChI=1S/C16H21N3O2/c1-3-21-15-10-14(16(15)20-2)18-12-6-4-5-11(9-12)13-7-8-17-19-13/h4-9,14-16,18H,3,10H2,1-2H3,(H,17,19). The summed E-state index contributed by atoms with van der Waals surface area (Å²) >= 11 is 0. The van der Waals surface area contributed by atoms with Crippen LogP contribution in [0.15, 0.2) is 36.5 Å². The molecule has 3 unspecified atom stereocenters. The third kappa shape index (κ3) is 2.94. The maximum absolute atomic E-state index is 5.65. The molecule has 1 fully saturated rings. The third-order valence-corrected chi connectivity index (χ3v) is 3.93. The van der Waals surface area contributed by atoms with Crippen LogP contribution in [0.2, 0.25) is 0 Å². The van der Waals surface area contributed by atoms with E-state index in [1.165, 1.54) is 0 Å². The Labute approximate surface area is 124 Å². The average Bonchev–Trinajstić information content (AvgIpc) is 3.01. The van der Waals surface area contributed by atoms with Crippen molar-refractivity contribution < 1.29 is 9.47 Å². The van der Waals surface area contributed by atoms with Crippen LogP contribution in [-0.4, -0.2) is 42.2 Å². The lowest BCUT2D eigenvalue weighted by atomic mass is 9.85. The smallest absolute Gasteiger partial charge is 0.103 e. The van der Waals surface area contributed by atoms with Crippen molar-refractivity contribution in [3.05, 3.63) is 36.5 Å². The van der Waals surface area contributed by atoms with E-state index in [0.717, 1.165) is 30.0 Å². The van der Waals surface area contributed by atoms with Crippen LogP contribution in [0.4, 0.5) is 5.69 Å². The van der Waals surface area contributed by atoms with Crippen LogP contribution >= 0.6 is 0 Å². The Morgan fingerprint density at radius 3 is 3.00 bits per heavy atom. The van der Waals surface area contributed by atoms with E-state index in [4.69, 9.17) is 9.47 Å². The molecule has 2 aromatic rings. The summed E-state index contributed by atoms with van der Waals surface area (Å²) in [5.74, 6) is 0. The first-order chi connectivity index (χ1) is 10.3. The summed E-state index contributed by atoms with van der Waals surface area (Å²) in [6.07, 6.45) is 3.05. The topological polar surface area (TPSA) is 59.2 Å². The van der Waals surface area contributed by atoms with Gasteiger partial charge in [0, 0.05) is 31.2 Å². The van der Waals surface area contributed by atoms with Crippen LogP contribution in [0.25, 0.3) is 11.3 Å². The van der Waals surface area contributed by atoms with Gasteiger partial charge in [-0.2, -0.15) is 5.10 Å². The number of benzene rings is 1. The number of anilines is 1. The number of aromatic nitrogens is 2. The molecule has 1 aromatic heterocycles. The second kappa shape index (κ2) is 6.28. The van der Waals surface area contributed by atoms with Crippen LogP contribution < -0.4 is 5.32 Å². The molecular weight excluding hydrogens is 266 g/mol. The number of methoxy groups -OCH3 is 1. The fourth-order valence-corrected chi connectivity index (χ4v) is 2.82. The molecular formula is C16H21N3O2. The van der Waals surface area contributed by atoms with Crippen molar-refractivity contribution in [3.63, 3.8) is 0 Å². The van der Waals surface area contributed by atoms with E-state index in [1.54, 1.807) is 13.3 Å². The minimum Gasteiger partial charge on any atom is -0.379 e. The molecule has 0 radical (unpaired) electrons. The zero-order valence-corrected chi connectivity index (χ0v) is 12.4. The number of H-pyrrole nitrogens is 1. The van der Waals surface area contributed by atoms with Crippen molar-refractivity contribution in [2.24, 2.45) is 0 Å². The van der Waals surface area contributed by atoms with E-state index >= 15 is 0 Å². The van der Waals surface area contributed by atoms with E-state index in [-0.39, 0.29) is 12.2 Å². The van der Waals surface area contributed by atoms with Gasteiger partial charge in [-0.05, 0) is 31.5 Å². The van der Waals surface area contributed by atoms with Gasteiger partial charge in [-0.1, -0.05) is 12.1 Å². The molecule has 2 N–H and O–H groups in total. The van der Waals surface area contributed by atoms with Crippen LogP contribution in [0.1, 0.15) is 13.3 Å². The van der Waals surface area contributed by atoms with E-state index in [0.29, 0.717) is 6.04 Å². The number of rotatable bonds is 6. The summed E-state index contributed by atoms with van der Waals surface area (Å²) < 4.78 is 11.2. The highest BCUT2D eigenvalue weighted by Crippen LogP contribution is 2.30. The number of nitrogens with zero attached hydrogens (tertiary/aromatic N) is 1. The molecule has 1 heterocycles. The lowest BCUT2D eigenvalue weighted by Crippen LogP contribution is -2.56. The van der Waals surface area contributed by atoms with Gasteiger partial charge in [-0.3, -0.25) is 5.10 Å². The first kappa shape index (κ1) is 14.1. The SMILES string of the molecule is CCOC1CC(Nc2cccc(-c3ccn[nH]3)c2)C1OC. The van der Waals surface area contributed by atoms with Gasteiger partial charge in [0.05, 0.1) is 17.8 Å². The summed E-state index contributed by atoms with van der Waals surface area (Å²) in [4.78, 5) is 0. The zero-order chi connectivity index (χ0) is 14.7. The first-order valence-corrected chi connectivity index (χ1v) is 7.32. The molecule has 5 heteroatoms. The molecule has 0 spiro atoms. The Morgan fingerprint density at radius 2 is 2.29 bits per heavy atom. The molecule has 3 rings (SSSR count). The minimum absolute atomic E-state index is 0.112. The highest BCUT2D eigenvalue weighted by molar-refractivity contribution is 5.65. The van der Waals surface area contributed by atoms with Crippen molar-refractivity contribution in [2.45, 2.75) is 31.6 Å². The third-order valence-electron chi connectivity index (χ3n) is 3.93. The molecule has 112 valence electrons. The highest BCUT2D eigenvalue weighted by atomic mass is 16.5. The summed E-state index contributed by atoms with van der Waals surface area (Å²) in [5, 5.41) is 10.5. The van der Waals surface area contributed by atoms with Crippen LogP contribution in [-0.2, 0) is 9.47 Å². The number of ether oxygens (including phenoxy) is 2. The van der Waals surface area contributed by atoms with Crippen molar-refractivity contribution in [1.82, 2.24) is 10.2 Å². The summed E-state index contributed by atoms with van der Waals surface area (Å²) in [5.41, 5.74) is 3.22. The Bertz CT molecular complexity index is 571. The van der Waals surface area contributed by atoms with Crippen LogP contribution in [0, 0.1) is 0 Å². The predicted molar refractivity (Wildman–Crippen MR) is 82.3 cm³/mol. The summed E-state index contributed by atoms with van der Waals surface area (Å²) in [6.45, 7) is 2.74. The lowest BCUT2D eigenvalue weighted by molar-refractivity contribution is -0.118. The molecule has 0 saturated heterocycles. The summed E-state index contributed by atoms with van der Waals surface area (Å²) in [6, 6.07) is 10.6. The molecule has 1 saturated carbocycles. The molecule has 0 aliphatic heterocycles. The van der Waals surface area contributed by atoms with Gasteiger partial charge in [0.1, 0.15) is 6.10 Å². The molecule has 1 aromatic carbocycles. The number of hydrogen-bond acceptors (Lipinski definition) is 4. The van der Waals surface area contributed by atoms with E-state index < -0.39 is 0 Å². The minimum atomic E-state index is 0.112. The van der Waals surface area contributed by atoms with E-state index in [2.05, 4.69) is 33.7 Å². The Morgan fingerprint density at radius 1 is 1.38 bits per heavy atom. The number of nitrogens with one attached hydrogen (secondary N) is 2. The van der Waals surface area contributed by atoms with Crippen molar-refractivity contribution in [3.8, 4) is 11.3 Å². The molecule has 0 amide bonds. The molecule has 1 aliphatic rings. The fraction of sp³-hybridized carbons (Fsp3) is 0.438. The second-order valence-corrected chi connectivity index (χ2v) is 5.23. The molecule has 21 heavy (non-hydrogen) atoms. The Balaban J connectivity index is 1.67. The van der Waals surface area contributed by atoms with Crippen LogP contribution in [0.3, 0.4) is 0 Å². The fourth-order valence-electron chi connectivity index (χ4n) is 2.82. The van der Waals surface area contributed by atoms with Crippen molar-refractivity contribution in [1.29, 1.82) is 0 Å². The van der Waals surface area contributed by atoms with Crippen molar-refractivity contribution in [2.75, 3.05) is 19.0 Å². The molecule has 5 nitrogen and oxygen atoms in total. The largest absolute Gasteiger partial charge is 0.379 e. The maximum atomic E-state index is 5.65. The average molecular weight is 287 g/mol. The van der Waals surface area contributed by atoms with E-state index in [9.17, 15) is 0 Å². The normalized spacial score (nSPS) is 24.6. The molecule has 1 aliphatic carbocycles. The highest BCUT2D eigenvalue weighted by Gasteiger charge is 2.42. The monoisotopic (exact) mass is 287 g/mol. The van der Waals surface area contributed by atoms with E-state index in [1.807, 2.05) is 19.1 Å².